The van der Waals surface area contributed by atoms with E-state index in [1.54, 1.807) is 0 Å². The molecule has 1 unspecified atom stereocenters. The number of hydrogen-bond acceptors (Lipinski definition) is 7. The SMILES string of the molecule is COC1([N+](=O)[O-])C=C([N+](=O)[O-])C=C([N+](=O)[O-])C1. The highest BCUT2D eigenvalue weighted by molar-refractivity contribution is 5.24. The second-order valence-corrected chi connectivity index (χ2v) is 3.20. The Morgan fingerprint density at radius 1 is 1.24 bits per heavy atom. The first-order chi connectivity index (χ1) is 7.82. The van der Waals surface area contributed by atoms with Crippen molar-refractivity contribution in [1.82, 2.24) is 0 Å². The predicted octanol–water partition coefficient (Wildman–Crippen LogP) is 0.331. The van der Waals surface area contributed by atoms with Crippen LogP contribution in [-0.2, 0) is 4.74 Å². The van der Waals surface area contributed by atoms with E-state index in [1.165, 1.54) is 0 Å². The monoisotopic (exact) mass is 245 g/mol. The van der Waals surface area contributed by atoms with Gasteiger partial charge in [0.25, 0.3) is 11.4 Å². The fraction of sp³-hybridized carbons (Fsp3) is 0.429. The molecule has 0 spiro atoms. The molecule has 0 heterocycles. The molecule has 1 rings (SSSR count). The van der Waals surface area contributed by atoms with Crippen molar-refractivity contribution >= 4 is 0 Å². The topological polar surface area (TPSA) is 139 Å². The van der Waals surface area contributed by atoms with Gasteiger partial charge in [0.2, 0.25) is 0 Å². The van der Waals surface area contributed by atoms with E-state index in [0.29, 0.717) is 12.2 Å². The van der Waals surface area contributed by atoms with E-state index in [4.69, 9.17) is 0 Å². The van der Waals surface area contributed by atoms with Crippen LogP contribution in [0.5, 0.6) is 0 Å². The van der Waals surface area contributed by atoms with Crippen LogP contribution >= 0.6 is 0 Å². The molecule has 10 heteroatoms. The van der Waals surface area contributed by atoms with E-state index in [1.807, 2.05) is 0 Å². The first-order valence-electron chi connectivity index (χ1n) is 4.24. The second kappa shape index (κ2) is 4.25. The molecule has 0 aromatic heterocycles. The highest BCUT2D eigenvalue weighted by Crippen LogP contribution is 2.30. The van der Waals surface area contributed by atoms with Gasteiger partial charge in [-0.2, -0.15) is 0 Å². The van der Waals surface area contributed by atoms with Crippen molar-refractivity contribution in [3.63, 3.8) is 0 Å². The smallest absolute Gasteiger partial charge is 0.314 e. The zero-order valence-corrected chi connectivity index (χ0v) is 8.56. The number of methoxy groups -OCH3 is 1. The summed E-state index contributed by atoms with van der Waals surface area (Å²) < 4.78 is 4.58. The van der Waals surface area contributed by atoms with Crippen LogP contribution in [0, 0.1) is 30.3 Å². The number of allylic oxidation sites excluding steroid dienone is 1. The fourth-order valence-electron chi connectivity index (χ4n) is 1.35. The third kappa shape index (κ3) is 2.25. The molecule has 0 aromatic rings. The van der Waals surface area contributed by atoms with Gasteiger partial charge in [0, 0.05) is 7.11 Å². The third-order valence-corrected chi connectivity index (χ3v) is 2.23. The molecule has 0 fully saturated rings. The molecule has 10 nitrogen and oxygen atoms in total. The molecule has 0 amide bonds. The number of ether oxygens (including phenoxy) is 1. The summed E-state index contributed by atoms with van der Waals surface area (Å²) in [6.45, 7) is 0. The van der Waals surface area contributed by atoms with E-state index >= 15 is 0 Å². The zero-order valence-electron chi connectivity index (χ0n) is 8.56. The van der Waals surface area contributed by atoms with Gasteiger partial charge in [-0.05, 0) is 0 Å². The first kappa shape index (κ1) is 12.7. The summed E-state index contributed by atoms with van der Waals surface area (Å²) >= 11 is 0. The van der Waals surface area contributed by atoms with Crippen LogP contribution in [0.3, 0.4) is 0 Å². The zero-order chi connectivity index (χ0) is 13.2. The first-order valence-corrected chi connectivity index (χ1v) is 4.24. The van der Waals surface area contributed by atoms with E-state index in [9.17, 15) is 30.3 Å². The minimum Gasteiger partial charge on any atom is -0.314 e. The van der Waals surface area contributed by atoms with Gasteiger partial charge in [0.1, 0.15) is 12.5 Å². The number of nitro groups is 3. The predicted molar refractivity (Wildman–Crippen MR) is 51.5 cm³/mol. The van der Waals surface area contributed by atoms with Crippen LogP contribution in [0.4, 0.5) is 0 Å². The van der Waals surface area contributed by atoms with Crippen molar-refractivity contribution in [1.29, 1.82) is 0 Å². The van der Waals surface area contributed by atoms with E-state index < -0.39 is 38.3 Å². The molecular formula is C7H7N3O7. The van der Waals surface area contributed by atoms with Crippen LogP contribution in [0.25, 0.3) is 0 Å². The minimum absolute atomic E-state index is 0.641. The van der Waals surface area contributed by atoms with Crippen LogP contribution in [-0.4, -0.2) is 27.6 Å². The summed E-state index contributed by atoms with van der Waals surface area (Å²) in [5.74, 6) is 0. The average molecular weight is 245 g/mol. The van der Waals surface area contributed by atoms with Crippen molar-refractivity contribution in [2.45, 2.75) is 12.1 Å². The summed E-state index contributed by atoms with van der Waals surface area (Å²) in [5, 5.41) is 31.9. The summed E-state index contributed by atoms with van der Waals surface area (Å²) in [7, 11) is 0.958. The highest BCUT2D eigenvalue weighted by Gasteiger charge is 2.50. The molecule has 92 valence electrons. The van der Waals surface area contributed by atoms with Crippen molar-refractivity contribution in [3.8, 4) is 0 Å². The third-order valence-electron chi connectivity index (χ3n) is 2.23. The van der Waals surface area contributed by atoms with Gasteiger partial charge in [-0.1, -0.05) is 0 Å². The maximum atomic E-state index is 10.8. The lowest BCUT2D eigenvalue weighted by Crippen LogP contribution is -2.41. The van der Waals surface area contributed by atoms with Crippen LogP contribution in [0.2, 0.25) is 0 Å². The molecule has 0 aromatic carbocycles. The van der Waals surface area contributed by atoms with Crippen LogP contribution < -0.4 is 0 Å². The van der Waals surface area contributed by atoms with Crippen LogP contribution in [0.1, 0.15) is 6.42 Å². The van der Waals surface area contributed by atoms with Gasteiger partial charge >= 0.3 is 5.72 Å². The maximum absolute atomic E-state index is 10.8. The minimum atomic E-state index is -2.26. The molecule has 1 atom stereocenters. The lowest BCUT2D eigenvalue weighted by molar-refractivity contribution is -0.617. The standard InChI is InChI=1S/C7H7N3O7/c1-17-7(10(15)16)3-5(8(11)12)2-6(4-7)9(13)14/h2-3H,4H2,1H3. The van der Waals surface area contributed by atoms with Gasteiger partial charge in [0.15, 0.2) is 0 Å². The summed E-state index contributed by atoms with van der Waals surface area (Å²) in [6.07, 6.45) is 0.668. The molecule has 0 N–H and O–H groups in total. The Bertz CT molecular complexity index is 454. The molecule has 0 saturated carbocycles. The summed E-state index contributed by atoms with van der Waals surface area (Å²) in [6, 6.07) is 0. The average Bonchev–Trinajstić information content (AvgIpc) is 2.27. The molecular weight excluding hydrogens is 238 g/mol. The van der Waals surface area contributed by atoms with Crippen molar-refractivity contribution in [2.24, 2.45) is 0 Å². The Hall–Kier alpha value is -2.36. The van der Waals surface area contributed by atoms with Gasteiger partial charge in [0.05, 0.1) is 20.8 Å². The molecule has 17 heavy (non-hydrogen) atoms. The Balaban J connectivity index is 3.32. The Labute approximate surface area is 93.6 Å². The van der Waals surface area contributed by atoms with Crippen molar-refractivity contribution < 1.29 is 19.5 Å². The highest BCUT2D eigenvalue weighted by atomic mass is 16.7. The van der Waals surface area contributed by atoms with Gasteiger partial charge in [-0.3, -0.25) is 30.3 Å². The lowest BCUT2D eigenvalue weighted by atomic mass is 10.0. The van der Waals surface area contributed by atoms with Gasteiger partial charge < -0.3 is 4.74 Å². The fourth-order valence-corrected chi connectivity index (χ4v) is 1.35. The van der Waals surface area contributed by atoms with Gasteiger partial charge in [-0.25, -0.2) is 0 Å². The van der Waals surface area contributed by atoms with E-state index in [-0.39, 0.29) is 0 Å². The summed E-state index contributed by atoms with van der Waals surface area (Å²) in [4.78, 5) is 29.1. The summed E-state index contributed by atoms with van der Waals surface area (Å²) in [5.41, 5.74) is -3.64. The lowest BCUT2D eigenvalue weighted by Gasteiger charge is -2.20. The normalized spacial score (nSPS) is 23.6. The van der Waals surface area contributed by atoms with E-state index in [2.05, 4.69) is 4.74 Å². The molecule has 1 aliphatic rings. The van der Waals surface area contributed by atoms with Crippen molar-refractivity contribution in [2.75, 3.05) is 7.11 Å². The second-order valence-electron chi connectivity index (χ2n) is 3.20. The Morgan fingerprint density at radius 3 is 2.18 bits per heavy atom. The van der Waals surface area contributed by atoms with Crippen molar-refractivity contribution in [3.05, 3.63) is 53.9 Å². The van der Waals surface area contributed by atoms with Crippen LogP contribution in [0.15, 0.2) is 23.5 Å². The Kier molecular flexibility index (Phi) is 3.18. The Morgan fingerprint density at radius 2 is 1.82 bits per heavy atom. The largest absolute Gasteiger partial charge is 0.361 e. The number of rotatable bonds is 4. The molecule has 1 aliphatic carbocycles. The number of hydrogen-bond donors (Lipinski definition) is 0. The quantitative estimate of drug-likeness (QED) is 0.395. The number of nitrogens with zero attached hydrogens (tertiary/aromatic N) is 3. The van der Waals surface area contributed by atoms with E-state index in [0.717, 1.165) is 7.11 Å². The molecule has 0 aliphatic heterocycles. The molecule has 0 saturated heterocycles. The molecule has 0 bridgehead atoms. The molecule has 0 radical (unpaired) electrons. The van der Waals surface area contributed by atoms with Gasteiger partial charge in [-0.15, -0.1) is 0 Å². The maximum Gasteiger partial charge on any atom is 0.361 e.